The van der Waals surface area contributed by atoms with Gasteiger partial charge in [0.15, 0.2) is 5.75 Å². The number of nitrogens with one attached hydrogen (secondary N) is 2. The van der Waals surface area contributed by atoms with Crippen LogP contribution in [0.3, 0.4) is 0 Å². The Kier molecular flexibility index (Phi) is 4.50. The van der Waals surface area contributed by atoms with E-state index in [1.165, 1.54) is 0 Å². The van der Waals surface area contributed by atoms with Crippen LogP contribution in [0.1, 0.15) is 38.3 Å². The normalized spacial score (nSPS) is 14.1. The van der Waals surface area contributed by atoms with Gasteiger partial charge in [0.05, 0.1) is 15.7 Å². The summed E-state index contributed by atoms with van der Waals surface area (Å²) in [5.41, 5.74) is 1.69. The van der Waals surface area contributed by atoms with E-state index in [1.54, 1.807) is 12.1 Å². The van der Waals surface area contributed by atoms with E-state index in [9.17, 15) is 5.11 Å². The molecule has 0 aliphatic heterocycles. The van der Waals surface area contributed by atoms with Gasteiger partial charge < -0.3 is 15.7 Å². The van der Waals surface area contributed by atoms with Crippen molar-refractivity contribution in [1.82, 2.24) is 9.97 Å². The molecule has 0 amide bonds. The number of phenols is 1. The minimum absolute atomic E-state index is 0.123. The van der Waals surface area contributed by atoms with Crippen molar-refractivity contribution in [3.05, 3.63) is 33.9 Å². The minimum Gasteiger partial charge on any atom is -0.505 e. The molecule has 23 heavy (non-hydrogen) atoms. The summed E-state index contributed by atoms with van der Waals surface area (Å²) in [6.45, 7) is 4.08. The third kappa shape index (κ3) is 3.98. The van der Waals surface area contributed by atoms with Crippen molar-refractivity contribution in [2.45, 2.75) is 38.6 Å². The van der Waals surface area contributed by atoms with Crippen LogP contribution < -0.4 is 10.6 Å². The molecule has 0 saturated heterocycles. The number of aromatic nitrogens is 2. The molecule has 1 fully saturated rings. The van der Waals surface area contributed by atoms with Gasteiger partial charge in [-0.3, -0.25) is 0 Å². The van der Waals surface area contributed by atoms with Crippen LogP contribution in [0.2, 0.25) is 10.0 Å². The third-order valence-corrected chi connectivity index (χ3v) is 4.02. The monoisotopic (exact) mass is 352 g/mol. The Balaban J connectivity index is 1.90. The molecule has 3 rings (SSSR count). The first kappa shape index (κ1) is 16.1. The zero-order valence-corrected chi connectivity index (χ0v) is 14.4. The molecule has 0 spiro atoms. The topological polar surface area (TPSA) is 70.1 Å². The smallest absolute Gasteiger partial charge is 0.225 e. The maximum absolute atomic E-state index is 9.64. The highest BCUT2D eigenvalue weighted by Crippen LogP contribution is 2.40. The van der Waals surface area contributed by atoms with Crippen LogP contribution in [0.25, 0.3) is 0 Å². The van der Waals surface area contributed by atoms with Gasteiger partial charge in [-0.05, 0) is 38.8 Å². The van der Waals surface area contributed by atoms with E-state index >= 15 is 0 Å². The van der Waals surface area contributed by atoms with Crippen molar-refractivity contribution in [3.8, 4) is 5.75 Å². The zero-order chi connectivity index (χ0) is 16.6. The molecule has 7 heteroatoms. The van der Waals surface area contributed by atoms with Crippen LogP contribution in [0.4, 0.5) is 17.5 Å². The van der Waals surface area contributed by atoms with Crippen LogP contribution in [0.5, 0.6) is 5.75 Å². The number of hydrogen-bond donors (Lipinski definition) is 3. The van der Waals surface area contributed by atoms with Crippen LogP contribution in [0.15, 0.2) is 18.2 Å². The van der Waals surface area contributed by atoms with Gasteiger partial charge in [0, 0.05) is 23.7 Å². The second kappa shape index (κ2) is 6.42. The van der Waals surface area contributed by atoms with Crippen molar-refractivity contribution >= 4 is 40.7 Å². The second-order valence-corrected chi connectivity index (χ2v) is 6.80. The average Bonchev–Trinajstić information content (AvgIpc) is 3.28. The van der Waals surface area contributed by atoms with Crippen molar-refractivity contribution in [1.29, 1.82) is 0 Å². The summed E-state index contributed by atoms with van der Waals surface area (Å²) in [6, 6.07) is 5.40. The SMILES string of the molecule is CC(C)Nc1nc(Nc2cc(Cl)c(O)c(Cl)c2)cc(C2CC2)n1. The van der Waals surface area contributed by atoms with Gasteiger partial charge in [0.2, 0.25) is 5.95 Å². The number of nitrogens with zero attached hydrogens (tertiary/aromatic N) is 2. The number of phenolic OH excluding ortho intramolecular Hbond substituents is 1. The third-order valence-electron chi connectivity index (χ3n) is 3.45. The Labute approximate surface area is 145 Å². The van der Waals surface area contributed by atoms with Crippen LogP contribution >= 0.6 is 23.2 Å². The molecule has 1 heterocycles. The summed E-state index contributed by atoms with van der Waals surface area (Å²) in [5, 5.41) is 16.4. The molecular weight excluding hydrogens is 335 g/mol. The largest absolute Gasteiger partial charge is 0.505 e. The molecule has 122 valence electrons. The fraction of sp³-hybridized carbons (Fsp3) is 0.375. The number of hydrogen-bond acceptors (Lipinski definition) is 5. The lowest BCUT2D eigenvalue weighted by atomic mass is 10.2. The highest BCUT2D eigenvalue weighted by atomic mass is 35.5. The Bertz CT molecular complexity index is 709. The molecule has 2 aromatic rings. The Morgan fingerprint density at radius 3 is 2.35 bits per heavy atom. The van der Waals surface area contributed by atoms with Gasteiger partial charge in [-0.2, -0.15) is 4.98 Å². The Morgan fingerprint density at radius 2 is 1.78 bits per heavy atom. The number of aromatic hydroxyl groups is 1. The molecule has 5 nitrogen and oxygen atoms in total. The van der Waals surface area contributed by atoms with Crippen LogP contribution in [-0.4, -0.2) is 21.1 Å². The molecule has 1 saturated carbocycles. The minimum atomic E-state index is -0.123. The summed E-state index contributed by atoms with van der Waals surface area (Å²) in [5.74, 6) is 1.66. The van der Waals surface area contributed by atoms with Crippen molar-refractivity contribution in [2.75, 3.05) is 10.6 Å². The summed E-state index contributed by atoms with van der Waals surface area (Å²) in [4.78, 5) is 9.05. The fourth-order valence-electron chi connectivity index (χ4n) is 2.23. The van der Waals surface area contributed by atoms with Crippen molar-refractivity contribution < 1.29 is 5.11 Å². The summed E-state index contributed by atoms with van der Waals surface area (Å²) in [6.07, 6.45) is 2.32. The first-order valence-corrected chi connectivity index (χ1v) is 8.28. The van der Waals surface area contributed by atoms with Gasteiger partial charge in [-0.15, -0.1) is 0 Å². The van der Waals surface area contributed by atoms with Crippen molar-refractivity contribution in [3.63, 3.8) is 0 Å². The summed E-state index contributed by atoms with van der Waals surface area (Å²) < 4.78 is 0. The highest BCUT2D eigenvalue weighted by Gasteiger charge is 2.26. The van der Waals surface area contributed by atoms with E-state index in [4.69, 9.17) is 23.2 Å². The van der Waals surface area contributed by atoms with E-state index in [1.807, 2.05) is 19.9 Å². The maximum atomic E-state index is 9.64. The van der Waals surface area contributed by atoms with E-state index < -0.39 is 0 Å². The molecule has 1 aromatic carbocycles. The first-order chi connectivity index (χ1) is 10.9. The molecule has 0 unspecified atom stereocenters. The molecule has 1 aromatic heterocycles. The quantitative estimate of drug-likeness (QED) is 0.665. The summed E-state index contributed by atoms with van der Waals surface area (Å²) >= 11 is 11.9. The maximum Gasteiger partial charge on any atom is 0.225 e. The van der Waals surface area contributed by atoms with Gasteiger partial charge in [0.1, 0.15) is 5.82 Å². The van der Waals surface area contributed by atoms with E-state index in [-0.39, 0.29) is 21.8 Å². The highest BCUT2D eigenvalue weighted by molar-refractivity contribution is 6.37. The fourth-order valence-corrected chi connectivity index (χ4v) is 2.71. The predicted molar refractivity (Wildman–Crippen MR) is 94.2 cm³/mol. The van der Waals surface area contributed by atoms with E-state index in [0.717, 1.165) is 18.5 Å². The Morgan fingerprint density at radius 1 is 1.13 bits per heavy atom. The number of benzene rings is 1. The number of anilines is 3. The molecule has 0 radical (unpaired) electrons. The van der Waals surface area contributed by atoms with Gasteiger partial charge >= 0.3 is 0 Å². The Hall–Kier alpha value is -1.72. The lowest BCUT2D eigenvalue weighted by Gasteiger charge is -2.13. The van der Waals surface area contributed by atoms with Crippen LogP contribution in [-0.2, 0) is 0 Å². The van der Waals surface area contributed by atoms with Gasteiger partial charge in [0.25, 0.3) is 0 Å². The zero-order valence-electron chi connectivity index (χ0n) is 12.9. The molecule has 0 atom stereocenters. The molecule has 1 aliphatic carbocycles. The molecule has 1 aliphatic rings. The van der Waals surface area contributed by atoms with Gasteiger partial charge in [-0.25, -0.2) is 4.98 Å². The molecular formula is C16H18Cl2N4O. The predicted octanol–water partition coefficient (Wildman–Crippen LogP) is 4.93. The van der Waals surface area contributed by atoms with Gasteiger partial charge in [-0.1, -0.05) is 23.2 Å². The second-order valence-electron chi connectivity index (χ2n) is 5.99. The lowest BCUT2D eigenvalue weighted by molar-refractivity contribution is 0.476. The molecule has 3 N–H and O–H groups in total. The average molecular weight is 353 g/mol. The number of halogens is 2. The summed E-state index contributed by atoms with van der Waals surface area (Å²) in [7, 11) is 0. The first-order valence-electron chi connectivity index (χ1n) is 7.53. The number of rotatable bonds is 5. The van der Waals surface area contributed by atoms with E-state index in [0.29, 0.717) is 23.4 Å². The standard InChI is InChI=1S/C16H18Cl2N4O/c1-8(2)19-16-21-13(9-3-4-9)7-14(22-16)20-10-5-11(17)15(23)12(18)6-10/h5-9,23H,3-4H2,1-2H3,(H2,19,20,21,22). The van der Waals surface area contributed by atoms with Crippen molar-refractivity contribution in [2.24, 2.45) is 0 Å². The van der Waals surface area contributed by atoms with Crippen LogP contribution in [0, 0.1) is 0 Å². The lowest BCUT2D eigenvalue weighted by Crippen LogP contribution is -2.14. The molecule has 0 bridgehead atoms. The van der Waals surface area contributed by atoms with E-state index in [2.05, 4.69) is 20.6 Å².